The third-order valence-corrected chi connectivity index (χ3v) is 16.0. The predicted octanol–water partition coefficient (Wildman–Crippen LogP) is 21.7. The van der Waals surface area contributed by atoms with Crippen molar-refractivity contribution in [2.75, 3.05) is 40.9 Å². The van der Waals surface area contributed by atoms with Gasteiger partial charge >= 0.3 is 13.8 Å². The molecule has 0 aliphatic carbocycles. The molecule has 0 aliphatic rings. The molecule has 0 aromatic carbocycles. The molecule has 0 fully saturated rings. The minimum absolute atomic E-state index is 0.0301. The molecule has 0 spiro atoms. The average molecular weight is 1170 g/mol. The van der Waals surface area contributed by atoms with Crippen LogP contribution in [0.25, 0.3) is 0 Å². The van der Waals surface area contributed by atoms with Crippen LogP contribution < -0.4 is 5.32 Å². The summed E-state index contributed by atoms with van der Waals surface area (Å²) >= 11 is 0. The highest BCUT2D eigenvalue weighted by atomic mass is 31.2. The Labute approximate surface area is 507 Å². The van der Waals surface area contributed by atoms with Crippen LogP contribution in [-0.4, -0.2) is 74.3 Å². The number of esters is 1. The van der Waals surface area contributed by atoms with E-state index in [0.29, 0.717) is 23.9 Å². The van der Waals surface area contributed by atoms with Gasteiger partial charge in [-0.1, -0.05) is 280 Å². The highest BCUT2D eigenvalue weighted by Crippen LogP contribution is 2.43. The molecule has 3 unspecified atom stereocenters. The fourth-order valence-electron chi connectivity index (χ4n) is 9.73. The zero-order chi connectivity index (χ0) is 60.0. The molecular weight excluding hydrogens is 1040 g/mol. The molecule has 82 heavy (non-hydrogen) atoms. The molecule has 2 N–H and O–H groups in total. The van der Waals surface area contributed by atoms with Gasteiger partial charge in [-0.2, -0.15) is 0 Å². The first kappa shape index (κ1) is 79.2. The van der Waals surface area contributed by atoms with Crippen molar-refractivity contribution in [2.24, 2.45) is 0 Å². The number of carbonyl (C=O) groups excluding carboxylic acids is 2. The number of amides is 1. The minimum Gasteiger partial charge on any atom is -0.456 e. The van der Waals surface area contributed by atoms with E-state index in [-0.39, 0.29) is 31.5 Å². The minimum atomic E-state index is -4.47. The van der Waals surface area contributed by atoms with Gasteiger partial charge in [0, 0.05) is 12.8 Å². The number of nitrogens with zero attached hydrogens (tertiary/aromatic N) is 1. The van der Waals surface area contributed by atoms with Crippen LogP contribution in [0.3, 0.4) is 0 Å². The van der Waals surface area contributed by atoms with E-state index in [1.54, 1.807) is 0 Å². The number of rotatable bonds is 62. The monoisotopic (exact) mass is 1170 g/mol. The number of hydrogen-bond acceptors (Lipinski definition) is 6. The molecule has 0 saturated carbocycles. The molecule has 0 aromatic heterocycles. The third-order valence-electron chi connectivity index (χ3n) is 15.1. The van der Waals surface area contributed by atoms with E-state index < -0.39 is 20.0 Å². The molecule has 3 atom stereocenters. The fraction of sp³-hybridized carbons (Fsp3) is 0.778. The Morgan fingerprint density at radius 2 is 0.756 bits per heavy atom. The lowest BCUT2D eigenvalue weighted by molar-refractivity contribution is -0.870. The number of unbranched alkanes of at least 4 members (excludes halogenated alkanes) is 34. The maximum Gasteiger partial charge on any atom is 0.472 e. The lowest BCUT2D eigenvalue weighted by Crippen LogP contribution is -2.47. The van der Waals surface area contributed by atoms with Gasteiger partial charge in [0.25, 0.3) is 0 Å². The zero-order valence-corrected chi connectivity index (χ0v) is 55.4. The van der Waals surface area contributed by atoms with Crippen LogP contribution in [0.1, 0.15) is 310 Å². The first-order chi connectivity index (χ1) is 39.9. The molecule has 0 rings (SSSR count). The second-order valence-corrected chi connectivity index (χ2v) is 25.8. The van der Waals surface area contributed by atoms with Crippen LogP contribution in [0, 0.1) is 0 Å². The number of likely N-dealkylation sites (N-methyl/N-ethyl adjacent to an activating group) is 1. The molecule has 0 saturated heterocycles. The highest BCUT2D eigenvalue weighted by Gasteiger charge is 2.30. The van der Waals surface area contributed by atoms with Crippen molar-refractivity contribution in [3.8, 4) is 0 Å². The summed E-state index contributed by atoms with van der Waals surface area (Å²) in [7, 11) is 1.47. The van der Waals surface area contributed by atoms with E-state index in [0.717, 1.165) is 70.6 Å². The van der Waals surface area contributed by atoms with Crippen molar-refractivity contribution >= 4 is 19.7 Å². The highest BCUT2D eigenvalue weighted by molar-refractivity contribution is 7.47. The number of phosphoric acid groups is 1. The molecule has 1 amide bonds. The maximum absolute atomic E-state index is 13.6. The van der Waals surface area contributed by atoms with Crippen LogP contribution in [0.2, 0.25) is 0 Å². The van der Waals surface area contributed by atoms with Crippen molar-refractivity contribution in [2.45, 2.75) is 322 Å². The lowest BCUT2D eigenvalue weighted by atomic mass is 10.0. The van der Waals surface area contributed by atoms with Crippen molar-refractivity contribution in [1.82, 2.24) is 5.32 Å². The van der Waals surface area contributed by atoms with Crippen molar-refractivity contribution in [1.29, 1.82) is 0 Å². The van der Waals surface area contributed by atoms with Gasteiger partial charge in [-0.05, 0) is 102 Å². The summed E-state index contributed by atoms with van der Waals surface area (Å²) in [6, 6.07) is -0.873. The van der Waals surface area contributed by atoms with E-state index in [9.17, 15) is 19.0 Å². The Kier molecular flexibility index (Phi) is 59.2. The van der Waals surface area contributed by atoms with Crippen LogP contribution in [-0.2, 0) is 27.9 Å². The van der Waals surface area contributed by atoms with E-state index in [2.05, 4.69) is 99.0 Å². The number of phosphoric ester groups is 1. The van der Waals surface area contributed by atoms with Crippen LogP contribution >= 0.6 is 7.82 Å². The second kappa shape index (κ2) is 61.3. The fourth-order valence-corrected chi connectivity index (χ4v) is 10.5. The number of quaternary nitrogens is 1. The van der Waals surface area contributed by atoms with Crippen LogP contribution in [0.15, 0.2) is 85.1 Å². The van der Waals surface area contributed by atoms with Gasteiger partial charge in [0.15, 0.2) is 0 Å². The van der Waals surface area contributed by atoms with Gasteiger partial charge in [0.2, 0.25) is 5.91 Å². The van der Waals surface area contributed by atoms with E-state index in [1.165, 1.54) is 199 Å². The second-order valence-electron chi connectivity index (χ2n) is 24.3. The Balaban J connectivity index is 5.09. The van der Waals surface area contributed by atoms with Gasteiger partial charge in [-0.3, -0.25) is 18.6 Å². The average Bonchev–Trinajstić information content (AvgIpc) is 3.44. The maximum atomic E-state index is 13.6. The molecule has 0 bridgehead atoms. The number of hydrogen-bond donors (Lipinski definition) is 2. The Bertz CT molecular complexity index is 1680. The van der Waals surface area contributed by atoms with E-state index >= 15 is 0 Å². The Morgan fingerprint density at radius 1 is 0.427 bits per heavy atom. The number of carbonyl (C=O) groups is 2. The predicted molar refractivity (Wildman–Crippen MR) is 355 cm³/mol. The Hall–Kier alpha value is -2.81. The summed E-state index contributed by atoms with van der Waals surface area (Å²) < 4.78 is 30.7. The summed E-state index contributed by atoms with van der Waals surface area (Å²) in [5.41, 5.74) is 0. The normalized spacial score (nSPS) is 14.1. The van der Waals surface area contributed by atoms with Gasteiger partial charge in [-0.15, -0.1) is 0 Å². The first-order valence-corrected chi connectivity index (χ1v) is 35.9. The van der Waals surface area contributed by atoms with Gasteiger partial charge in [0.1, 0.15) is 19.3 Å². The summed E-state index contributed by atoms with van der Waals surface area (Å²) in [5.74, 6) is -0.565. The van der Waals surface area contributed by atoms with Crippen molar-refractivity contribution < 1.29 is 37.3 Å². The SMILES string of the molecule is CCCCC/C=C\C/C=C\C/C=C\C/C=C\CCCC(=O)OC(/C=C\CCCCCCCCCCCC)C(COP(=O)(O)OCC[N+](C)(C)C)NC(=O)CCCCCCCCCCCCCCCCCCC/C=C\C/C=C\CCCCC. The largest absolute Gasteiger partial charge is 0.472 e. The summed E-state index contributed by atoms with van der Waals surface area (Å²) in [5, 5.41) is 3.05. The standard InChI is InChI=1S/C72H131N2O7P/c1-7-10-13-16-19-22-25-28-30-32-33-34-35-36-37-38-39-40-41-43-44-46-49-52-55-58-61-64-71(75)73-69(68-80-82(77,78)79-67-66-74(4,5)6)70(63-60-57-54-51-48-27-24-21-18-15-12-9-3)81-72(76)65-62-59-56-53-50-47-45-42-31-29-26-23-20-17-14-11-8-2/h19-20,22-23,28-31,45,47,53,56,60,63,69-70H,7-18,21,24-27,32-44,46,48-52,54-55,57-59,61-62,64-68H2,1-6H3,(H-,73,75,77,78)/p+1/b22-19-,23-20-,30-28-,31-29-,47-45-,56-53-,63-60-. The summed E-state index contributed by atoms with van der Waals surface area (Å²) in [6.07, 6.45) is 81.8. The van der Waals surface area contributed by atoms with Gasteiger partial charge in [-0.25, -0.2) is 4.57 Å². The van der Waals surface area contributed by atoms with Crippen molar-refractivity contribution in [3.63, 3.8) is 0 Å². The molecular formula is C72H132N2O7P+. The van der Waals surface area contributed by atoms with E-state index in [1.807, 2.05) is 33.3 Å². The quantitative estimate of drug-likeness (QED) is 0.0205. The molecule has 476 valence electrons. The first-order valence-electron chi connectivity index (χ1n) is 34.4. The van der Waals surface area contributed by atoms with Gasteiger partial charge in [0.05, 0.1) is 33.8 Å². The smallest absolute Gasteiger partial charge is 0.456 e. The van der Waals surface area contributed by atoms with Crippen LogP contribution in [0.4, 0.5) is 0 Å². The van der Waals surface area contributed by atoms with Crippen molar-refractivity contribution in [3.05, 3.63) is 85.1 Å². The Morgan fingerprint density at radius 3 is 1.16 bits per heavy atom. The number of ether oxygens (including phenoxy) is 1. The molecule has 10 heteroatoms. The van der Waals surface area contributed by atoms with Crippen LogP contribution in [0.5, 0.6) is 0 Å². The summed E-state index contributed by atoms with van der Waals surface area (Å²) in [4.78, 5) is 37.8. The summed E-state index contributed by atoms with van der Waals surface area (Å²) in [6.45, 7) is 6.94. The molecule has 9 nitrogen and oxygen atoms in total. The number of allylic oxidation sites excluding steroid dienone is 13. The zero-order valence-electron chi connectivity index (χ0n) is 54.5. The third kappa shape index (κ3) is 61.7. The topological polar surface area (TPSA) is 111 Å². The van der Waals surface area contributed by atoms with Gasteiger partial charge < -0.3 is 19.4 Å². The molecule has 0 aliphatic heterocycles. The lowest BCUT2D eigenvalue weighted by Gasteiger charge is -2.27. The number of nitrogens with one attached hydrogen (secondary N) is 1. The van der Waals surface area contributed by atoms with E-state index in [4.69, 9.17) is 13.8 Å². The molecule has 0 heterocycles. The molecule has 0 aromatic rings. The molecule has 0 radical (unpaired) electrons.